The van der Waals surface area contributed by atoms with Crippen LogP contribution in [0.3, 0.4) is 0 Å². The Labute approximate surface area is 180 Å². The molecule has 0 amide bonds. The summed E-state index contributed by atoms with van der Waals surface area (Å²) in [5.74, 6) is 2.01. The lowest BCUT2D eigenvalue weighted by Crippen LogP contribution is -2.57. The summed E-state index contributed by atoms with van der Waals surface area (Å²) >= 11 is 0. The maximum Gasteiger partial charge on any atom is 0.191 e. The van der Waals surface area contributed by atoms with Crippen molar-refractivity contribution in [2.24, 2.45) is 4.99 Å². The molecule has 1 aromatic heterocycles. The minimum Gasteiger partial charge on any atom is -0.463 e. The van der Waals surface area contributed by atoms with Crippen molar-refractivity contribution in [2.45, 2.75) is 44.8 Å². The molecule has 0 aliphatic carbocycles. The van der Waals surface area contributed by atoms with Crippen molar-refractivity contribution in [1.29, 1.82) is 0 Å². The fraction of sp³-hybridized carbons (Fsp3) is 0.737. The van der Waals surface area contributed by atoms with Crippen LogP contribution in [0.15, 0.2) is 21.5 Å². The van der Waals surface area contributed by atoms with E-state index >= 15 is 0 Å². The molecule has 7 nitrogen and oxygen atoms in total. The quantitative estimate of drug-likeness (QED) is 0.306. The Morgan fingerprint density at radius 2 is 1.96 bits per heavy atom. The average Bonchev–Trinajstić information content (AvgIpc) is 3.05. The van der Waals surface area contributed by atoms with Gasteiger partial charge >= 0.3 is 0 Å². The second kappa shape index (κ2) is 10.6. The number of halogens is 1. The van der Waals surface area contributed by atoms with Gasteiger partial charge in [-0.1, -0.05) is 0 Å². The van der Waals surface area contributed by atoms with Gasteiger partial charge in [-0.15, -0.1) is 24.0 Å². The largest absolute Gasteiger partial charge is 0.463 e. The number of rotatable bonds is 7. The third-order valence-corrected chi connectivity index (χ3v) is 5.12. The van der Waals surface area contributed by atoms with Crippen LogP contribution >= 0.6 is 24.0 Å². The van der Waals surface area contributed by atoms with Crippen LogP contribution in [0, 0.1) is 6.92 Å². The van der Waals surface area contributed by atoms with Crippen molar-refractivity contribution in [2.75, 3.05) is 46.9 Å². The summed E-state index contributed by atoms with van der Waals surface area (Å²) in [7, 11) is 4.22. The number of ether oxygens (including phenoxy) is 1. The summed E-state index contributed by atoms with van der Waals surface area (Å²) < 4.78 is 11.1. The molecule has 0 saturated carbocycles. The van der Waals surface area contributed by atoms with Crippen molar-refractivity contribution in [3.05, 3.63) is 23.7 Å². The van der Waals surface area contributed by atoms with Gasteiger partial charge in [-0.3, -0.25) is 0 Å². The van der Waals surface area contributed by atoms with Crippen molar-refractivity contribution < 1.29 is 14.3 Å². The van der Waals surface area contributed by atoms with Crippen LogP contribution in [-0.4, -0.2) is 68.4 Å². The first-order chi connectivity index (χ1) is 12.3. The Balaban J connectivity index is 0.00000364. The molecule has 8 heteroatoms. The number of hydrogen-bond donors (Lipinski definition) is 3. The van der Waals surface area contributed by atoms with Gasteiger partial charge in [0.1, 0.15) is 17.1 Å². The van der Waals surface area contributed by atoms with Gasteiger partial charge in [0.2, 0.25) is 0 Å². The summed E-state index contributed by atoms with van der Waals surface area (Å²) in [5.41, 5.74) is -1.09. The molecular weight excluding hydrogens is 459 g/mol. The smallest absolute Gasteiger partial charge is 0.191 e. The van der Waals surface area contributed by atoms with Crippen LogP contribution in [0.25, 0.3) is 0 Å². The first kappa shape index (κ1) is 24.2. The van der Waals surface area contributed by atoms with E-state index in [2.05, 4.69) is 34.6 Å². The van der Waals surface area contributed by atoms with Crippen molar-refractivity contribution in [1.82, 2.24) is 15.5 Å². The zero-order valence-corrected chi connectivity index (χ0v) is 19.5. The fourth-order valence-electron chi connectivity index (χ4n) is 3.16. The van der Waals surface area contributed by atoms with E-state index in [0.29, 0.717) is 11.7 Å². The monoisotopic (exact) mass is 494 g/mol. The molecule has 2 rings (SSSR count). The van der Waals surface area contributed by atoms with Gasteiger partial charge in [-0.2, -0.15) is 0 Å². The zero-order chi connectivity index (χ0) is 19.2. The highest BCUT2D eigenvalue weighted by Gasteiger charge is 2.35. The standard InChI is InChI=1S/C19H34N4O3.HI/c1-6-20-17(21-13-18(3,24)16-8-7-15(2)26-16)22-14-19(23(4)5)9-11-25-12-10-19;/h7-8,24H,6,9-14H2,1-5H3,(H2,20,21,22);1H. The van der Waals surface area contributed by atoms with Crippen molar-refractivity contribution in [3.63, 3.8) is 0 Å². The maximum atomic E-state index is 10.7. The predicted molar refractivity (Wildman–Crippen MR) is 119 cm³/mol. The van der Waals surface area contributed by atoms with Crippen LogP contribution in [0.1, 0.15) is 38.2 Å². The van der Waals surface area contributed by atoms with Crippen molar-refractivity contribution in [3.8, 4) is 0 Å². The topological polar surface area (TPSA) is 82.3 Å². The summed E-state index contributed by atoms with van der Waals surface area (Å²) in [6.45, 7) is 8.92. The third-order valence-electron chi connectivity index (χ3n) is 5.12. The molecule has 1 aliphatic heterocycles. The van der Waals surface area contributed by atoms with E-state index < -0.39 is 5.60 Å². The van der Waals surface area contributed by atoms with Gasteiger partial charge in [0.15, 0.2) is 5.96 Å². The van der Waals surface area contributed by atoms with Crippen LogP contribution in [0.5, 0.6) is 0 Å². The molecule has 1 fully saturated rings. The van der Waals surface area contributed by atoms with Gasteiger partial charge in [0.05, 0.1) is 6.54 Å². The first-order valence-corrected chi connectivity index (χ1v) is 9.36. The van der Waals surface area contributed by atoms with E-state index in [0.717, 1.165) is 44.9 Å². The molecule has 1 aromatic rings. The van der Waals surface area contributed by atoms with E-state index in [1.807, 2.05) is 19.9 Å². The predicted octanol–water partition coefficient (Wildman–Crippen LogP) is 2.08. The average molecular weight is 494 g/mol. The SMILES string of the molecule is CCNC(=NCC(C)(O)c1ccc(C)o1)NCC1(N(C)C)CCOCC1.I. The van der Waals surface area contributed by atoms with E-state index in [4.69, 9.17) is 9.15 Å². The Morgan fingerprint density at radius 3 is 2.48 bits per heavy atom. The van der Waals surface area contributed by atoms with E-state index in [-0.39, 0.29) is 36.1 Å². The molecule has 0 spiro atoms. The number of aliphatic hydroxyl groups is 1. The molecule has 2 heterocycles. The molecule has 3 N–H and O–H groups in total. The van der Waals surface area contributed by atoms with E-state index in [9.17, 15) is 5.11 Å². The highest BCUT2D eigenvalue weighted by atomic mass is 127. The first-order valence-electron chi connectivity index (χ1n) is 9.36. The Hall–Kier alpha value is -0.840. The Kier molecular flexibility index (Phi) is 9.53. The van der Waals surface area contributed by atoms with Crippen LogP contribution < -0.4 is 10.6 Å². The molecule has 0 radical (unpaired) electrons. The van der Waals surface area contributed by atoms with E-state index in [1.54, 1.807) is 13.0 Å². The highest BCUT2D eigenvalue weighted by Crippen LogP contribution is 2.25. The fourth-order valence-corrected chi connectivity index (χ4v) is 3.16. The second-order valence-electron chi connectivity index (χ2n) is 7.46. The molecule has 156 valence electrons. The Bertz CT molecular complexity index is 596. The molecule has 1 atom stereocenters. The van der Waals surface area contributed by atoms with E-state index in [1.165, 1.54) is 0 Å². The summed E-state index contributed by atoms with van der Waals surface area (Å²) in [6.07, 6.45) is 1.96. The van der Waals surface area contributed by atoms with Crippen LogP contribution in [0.2, 0.25) is 0 Å². The molecule has 27 heavy (non-hydrogen) atoms. The van der Waals surface area contributed by atoms with Gasteiger partial charge in [-0.25, -0.2) is 4.99 Å². The molecular formula is C19H35IN4O3. The lowest BCUT2D eigenvalue weighted by molar-refractivity contribution is -0.00504. The number of furan rings is 1. The molecule has 1 unspecified atom stereocenters. The van der Waals surface area contributed by atoms with Crippen LogP contribution in [-0.2, 0) is 10.3 Å². The number of nitrogens with one attached hydrogen (secondary N) is 2. The normalized spacial score (nSPS) is 19.3. The minimum atomic E-state index is -1.14. The second-order valence-corrected chi connectivity index (χ2v) is 7.46. The number of nitrogens with zero attached hydrogens (tertiary/aromatic N) is 2. The summed E-state index contributed by atoms with van der Waals surface area (Å²) in [6, 6.07) is 3.65. The lowest BCUT2D eigenvalue weighted by atomic mass is 9.88. The summed E-state index contributed by atoms with van der Waals surface area (Å²) in [4.78, 5) is 6.85. The third kappa shape index (κ3) is 6.62. The highest BCUT2D eigenvalue weighted by molar-refractivity contribution is 14.0. The zero-order valence-electron chi connectivity index (χ0n) is 17.2. The van der Waals surface area contributed by atoms with Gasteiger partial charge < -0.3 is 29.8 Å². The number of likely N-dealkylation sites (N-methyl/N-ethyl adjacent to an activating group) is 1. The van der Waals surface area contributed by atoms with Crippen LogP contribution in [0.4, 0.5) is 0 Å². The number of guanidine groups is 1. The number of hydrogen-bond acceptors (Lipinski definition) is 5. The number of aryl methyl sites for hydroxylation is 1. The molecule has 1 saturated heterocycles. The lowest BCUT2D eigenvalue weighted by Gasteiger charge is -2.43. The molecule has 0 bridgehead atoms. The minimum absolute atomic E-state index is 0. The maximum absolute atomic E-state index is 10.7. The Morgan fingerprint density at radius 1 is 1.30 bits per heavy atom. The number of aliphatic imine (C=N–C) groups is 1. The van der Waals surface area contributed by atoms with Gasteiger partial charge in [-0.05, 0) is 59.8 Å². The molecule has 1 aliphatic rings. The van der Waals surface area contributed by atoms with Gasteiger partial charge in [0.25, 0.3) is 0 Å². The summed E-state index contributed by atoms with van der Waals surface area (Å²) in [5, 5.41) is 17.4. The van der Waals surface area contributed by atoms with Gasteiger partial charge in [0, 0.05) is 31.8 Å². The van der Waals surface area contributed by atoms with Crippen molar-refractivity contribution >= 4 is 29.9 Å². The molecule has 0 aromatic carbocycles.